The molecular weight excluding hydrogens is 314 g/mol. The van der Waals surface area contributed by atoms with Crippen molar-refractivity contribution in [2.75, 3.05) is 13.6 Å². The van der Waals surface area contributed by atoms with Gasteiger partial charge in [0.2, 0.25) is 0 Å². The molecular formula is C21H27NO3. The molecule has 2 aromatic rings. The minimum absolute atomic E-state index is 0.331. The first-order chi connectivity index (χ1) is 12.0. The van der Waals surface area contributed by atoms with E-state index in [-0.39, 0.29) is 12.1 Å². The van der Waals surface area contributed by atoms with E-state index >= 15 is 0 Å². The summed E-state index contributed by atoms with van der Waals surface area (Å²) >= 11 is 0. The van der Waals surface area contributed by atoms with E-state index in [0.717, 1.165) is 5.56 Å². The molecule has 0 saturated carbocycles. The van der Waals surface area contributed by atoms with Gasteiger partial charge in [0.25, 0.3) is 0 Å². The predicted octanol–water partition coefficient (Wildman–Crippen LogP) is 4.08. The van der Waals surface area contributed by atoms with Gasteiger partial charge in [-0.05, 0) is 45.5 Å². The van der Waals surface area contributed by atoms with Gasteiger partial charge in [-0.2, -0.15) is 0 Å². The van der Waals surface area contributed by atoms with E-state index in [0.29, 0.717) is 18.3 Å². The average Bonchev–Trinajstić information content (AvgIpc) is 2.62. The Kier molecular flexibility index (Phi) is 7.02. The monoisotopic (exact) mass is 341 g/mol. The zero-order chi connectivity index (χ0) is 18.2. The van der Waals surface area contributed by atoms with Crippen LogP contribution in [0.4, 0.5) is 0 Å². The first-order valence-electron chi connectivity index (χ1n) is 8.64. The van der Waals surface area contributed by atoms with Gasteiger partial charge in [-0.25, -0.2) is 4.79 Å². The summed E-state index contributed by atoms with van der Waals surface area (Å²) in [4.78, 5) is 14.7. The van der Waals surface area contributed by atoms with E-state index in [1.54, 1.807) is 6.92 Å². The van der Waals surface area contributed by atoms with Gasteiger partial charge in [0.05, 0.1) is 0 Å². The fourth-order valence-electron chi connectivity index (χ4n) is 2.34. The molecule has 2 atom stereocenters. The van der Waals surface area contributed by atoms with Crippen LogP contribution in [0.3, 0.4) is 0 Å². The molecule has 2 rings (SSSR count). The Morgan fingerprint density at radius 3 is 2.08 bits per heavy atom. The number of rotatable bonds is 8. The van der Waals surface area contributed by atoms with Crippen LogP contribution in [0.25, 0.3) is 0 Å². The standard InChI is InChI=1S/C21H27NO3/c1-16(2)22(4)15-20(18-11-7-5-8-12-18)25-21(23)17(3)24-19-13-9-6-10-14-19/h5-14,16-17,20H,15H2,1-4H3. The van der Waals surface area contributed by atoms with E-state index in [1.165, 1.54) is 0 Å². The second kappa shape index (κ2) is 9.23. The molecule has 0 aliphatic heterocycles. The van der Waals surface area contributed by atoms with Crippen molar-refractivity contribution in [2.45, 2.75) is 39.0 Å². The number of carbonyl (C=O) groups is 1. The van der Waals surface area contributed by atoms with E-state index in [1.807, 2.05) is 67.7 Å². The molecule has 0 aliphatic carbocycles. The van der Waals surface area contributed by atoms with Crippen LogP contribution in [0.5, 0.6) is 5.75 Å². The maximum Gasteiger partial charge on any atom is 0.347 e. The maximum atomic E-state index is 12.5. The number of carbonyl (C=O) groups excluding carboxylic acids is 1. The molecule has 0 bridgehead atoms. The number of hydrogen-bond acceptors (Lipinski definition) is 4. The molecule has 134 valence electrons. The molecule has 0 aromatic heterocycles. The van der Waals surface area contributed by atoms with Gasteiger partial charge >= 0.3 is 5.97 Å². The van der Waals surface area contributed by atoms with E-state index in [2.05, 4.69) is 18.7 Å². The van der Waals surface area contributed by atoms with Crippen LogP contribution in [0, 0.1) is 0 Å². The van der Waals surface area contributed by atoms with Crippen molar-refractivity contribution in [1.82, 2.24) is 4.90 Å². The van der Waals surface area contributed by atoms with Gasteiger partial charge < -0.3 is 9.47 Å². The Morgan fingerprint density at radius 2 is 1.52 bits per heavy atom. The summed E-state index contributed by atoms with van der Waals surface area (Å²) in [5.74, 6) is 0.289. The van der Waals surface area contributed by atoms with Gasteiger partial charge in [0, 0.05) is 12.6 Å². The second-order valence-corrected chi connectivity index (χ2v) is 6.44. The number of ether oxygens (including phenoxy) is 2. The average molecular weight is 341 g/mol. The van der Waals surface area contributed by atoms with Gasteiger partial charge in [0.15, 0.2) is 6.10 Å². The number of hydrogen-bond donors (Lipinski definition) is 0. The predicted molar refractivity (Wildman–Crippen MR) is 99.6 cm³/mol. The maximum absolute atomic E-state index is 12.5. The van der Waals surface area contributed by atoms with E-state index in [9.17, 15) is 4.79 Å². The van der Waals surface area contributed by atoms with Crippen molar-refractivity contribution < 1.29 is 14.3 Å². The first-order valence-corrected chi connectivity index (χ1v) is 8.64. The molecule has 4 nitrogen and oxygen atoms in total. The van der Waals surface area contributed by atoms with Gasteiger partial charge in [-0.15, -0.1) is 0 Å². The summed E-state index contributed by atoms with van der Waals surface area (Å²) in [6.07, 6.45) is -0.999. The zero-order valence-corrected chi connectivity index (χ0v) is 15.4. The topological polar surface area (TPSA) is 38.8 Å². The highest BCUT2D eigenvalue weighted by atomic mass is 16.6. The van der Waals surface area contributed by atoms with Crippen LogP contribution in [0.15, 0.2) is 60.7 Å². The Morgan fingerprint density at radius 1 is 0.960 bits per heavy atom. The summed E-state index contributed by atoms with van der Waals surface area (Å²) in [7, 11) is 2.03. The lowest BCUT2D eigenvalue weighted by Crippen LogP contribution is -2.35. The van der Waals surface area contributed by atoms with Gasteiger partial charge in [-0.1, -0.05) is 48.5 Å². The third kappa shape index (κ3) is 5.91. The van der Waals surface area contributed by atoms with Crippen molar-refractivity contribution in [2.24, 2.45) is 0 Å². The van der Waals surface area contributed by atoms with Crippen LogP contribution in [0.1, 0.15) is 32.4 Å². The molecule has 0 heterocycles. The molecule has 0 spiro atoms. The molecule has 2 unspecified atom stereocenters. The Hall–Kier alpha value is -2.33. The smallest absolute Gasteiger partial charge is 0.347 e. The highest BCUT2D eigenvalue weighted by Gasteiger charge is 2.24. The number of benzene rings is 2. The fourth-order valence-corrected chi connectivity index (χ4v) is 2.34. The summed E-state index contributed by atoms with van der Waals surface area (Å²) < 4.78 is 11.5. The third-order valence-electron chi connectivity index (χ3n) is 4.15. The van der Waals surface area contributed by atoms with Gasteiger partial charge in [0.1, 0.15) is 11.9 Å². The number of esters is 1. The van der Waals surface area contributed by atoms with Crippen LogP contribution < -0.4 is 4.74 Å². The lowest BCUT2D eigenvalue weighted by molar-refractivity contribution is -0.158. The molecule has 0 amide bonds. The van der Waals surface area contributed by atoms with E-state index < -0.39 is 6.10 Å². The molecule has 2 aromatic carbocycles. The summed E-state index contributed by atoms with van der Waals surface area (Å²) in [5, 5.41) is 0. The normalized spacial score (nSPS) is 13.5. The highest BCUT2D eigenvalue weighted by molar-refractivity contribution is 5.75. The highest BCUT2D eigenvalue weighted by Crippen LogP contribution is 2.21. The lowest BCUT2D eigenvalue weighted by Gasteiger charge is -2.28. The Labute approximate surface area is 150 Å². The molecule has 25 heavy (non-hydrogen) atoms. The number of para-hydroxylation sites is 1. The van der Waals surface area contributed by atoms with Crippen LogP contribution >= 0.6 is 0 Å². The summed E-state index contributed by atoms with van der Waals surface area (Å²) in [5.41, 5.74) is 0.982. The number of nitrogens with zero attached hydrogens (tertiary/aromatic N) is 1. The molecule has 4 heteroatoms. The Balaban J connectivity index is 2.05. The van der Waals surface area contributed by atoms with Crippen molar-refractivity contribution >= 4 is 5.97 Å². The Bertz CT molecular complexity index is 643. The summed E-state index contributed by atoms with van der Waals surface area (Å²) in [6.45, 7) is 6.57. The van der Waals surface area contributed by atoms with Crippen LogP contribution in [0.2, 0.25) is 0 Å². The van der Waals surface area contributed by atoms with Crippen LogP contribution in [-0.4, -0.2) is 36.6 Å². The molecule has 0 N–H and O–H groups in total. The minimum Gasteiger partial charge on any atom is -0.479 e. The zero-order valence-electron chi connectivity index (χ0n) is 15.4. The second-order valence-electron chi connectivity index (χ2n) is 6.44. The summed E-state index contributed by atoms with van der Waals surface area (Å²) in [6, 6.07) is 19.5. The largest absolute Gasteiger partial charge is 0.479 e. The van der Waals surface area contributed by atoms with Crippen molar-refractivity contribution in [3.8, 4) is 5.75 Å². The van der Waals surface area contributed by atoms with Crippen LogP contribution in [-0.2, 0) is 9.53 Å². The minimum atomic E-state index is -0.669. The van der Waals surface area contributed by atoms with Crippen molar-refractivity contribution in [1.29, 1.82) is 0 Å². The fraction of sp³-hybridized carbons (Fsp3) is 0.381. The number of likely N-dealkylation sites (N-methyl/N-ethyl adjacent to an activating group) is 1. The molecule has 0 saturated heterocycles. The SMILES string of the molecule is CC(Oc1ccccc1)C(=O)OC(CN(C)C(C)C)c1ccccc1. The first kappa shape index (κ1) is 19.0. The quantitative estimate of drug-likeness (QED) is 0.678. The van der Waals surface area contributed by atoms with Crippen molar-refractivity contribution in [3.05, 3.63) is 66.2 Å². The third-order valence-corrected chi connectivity index (χ3v) is 4.15. The molecule has 0 fully saturated rings. The lowest BCUT2D eigenvalue weighted by atomic mass is 10.1. The molecule has 0 aliphatic rings. The molecule has 0 radical (unpaired) electrons. The van der Waals surface area contributed by atoms with Crippen molar-refractivity contribution in [3.63, 3.8) is 0 Å². The van der Waals surface area contributed by atoms with E-state index in [4.69, 9.17) is 9.47 Å². The van der Waals surface area contributed by atoms with Gasteiger partial charge in [-0.3, -0.25) is 4.90 Å².